The molecule has 0 aromatic heterocycles. The lowest BCUT2D eigenvalue weighted by Crippen LogP contribution is -2.37. The lowest BCUT2D eigenvalue weighted by atomic mass is 10.2. The minimum Gasteiger partial charge on any atom is -0.370 e. The Morgan fingerprint density at radius 1 is 1.42 bits per heavy atom. The third-order valence-corrected chi connectivity index (χ3v) is 1.50. The number of hydrogen-bond donors (Lipinski definition) is 2. The maximum Gasteiger partial charge on any atom is 0.189 e. The third kappa shape index (κ3) is 6.01. The molecule has 0 bridgehead atoms. The average Bonchev–Trinajstić information content (AvgIpc) is 1.84. The molecule has 0 aliphatic carbocycles. The number of nitrogens with zero attached hydrogens (tertiary/aromatic N) is 1. The lowest BCUT2D eigenvalue weighted by molar-refractivity contribution is 0.641. The molecule has 1 atom stereocenters. The van der Waals surface area contributed by atoms with Crippen molar-refractivity contribution in [3.63, 3.8) is 0 Å². The molecule has 3 N–H and O–H groups in total. The summed E-state index contributed by atoms with van der Waals surface area (Å²) in [7, 11) is 0. The Labute approximate surface area is 75.4 Å². The van der Waals surface area contributed by atoms with Crippen molar-refractivity contribution in [1.82, 2.24) is 5.32 Å². The molecule has 3 nitrogen and oxygen atoms in total. The molecule has 3 heteroatoms. The van der Waals surface area contributed by atoms with Gasteiger partial charge >= 0.3 is 0 Å². The molecule has 0 spiro atoms. The monoisotopic (exact) mass is 171 g/mol. The molecule has 0 amide bonds. The highest BCUT2D eigenvalue weighted by Gasteiger charge is 1.99. The van der Waals surface area contributed by atoms with Gasteiger partial charge in [0.15, 0.2) is 5.96 Å². The first-order chi connectivity index (χ1) is 5.56. The van der Waals surface area contributed by atoms with E-state index in [4.69, 9.17) is 5.73 Å². The summed E-state index contributed by atoms with van der Waals surface area (Å²) in [6.45, 7) is 8.33. The highest BCUT2D eigenvalue weighted by atomic mass is 15.1. The zero-order valence-corrected chi connectivity index (χ0v) is 8.59. The van der Waals surface area contributed by atoms with E-state index in [1.54, 1.807) is 0 Å². The van der Waals surface area contributed by atoms with E-state index in [0.717, 1.165) is 12.8 Å². The van der Waals surface area contributed by atoms with Crippen LogP contribution in [0.5, 0.6) is 0 Å². The van der Waals surface area contributed by atoms with Crippen molar-refractivity contribution >= 4 is 5.96 Å². The molecule has 0 radical (unpaired) electrons. The van der Waals surface area contributed by atoms with Gasteiger partial charge in [0.05, 0.1) is 6.04 Å². The first kappa shape index (κ1) is 11.3. The third-order valence-electron chi connectivity index (χ3n) is 1.50. The SMILES string of the molecule is CCCC(C)N=C(N)NC(C)C. The summed E-state index contributed by atoms with van der Waals surface area (Å²) >= 11 is 0. The molecular weight excluding hydrogens is 150 g/mol. The van der Waals surface area contributed by atoms with Crippen LogP contribution in [0.25, 0.3) is 0 Å². The molecule has 0 saturated carbocycles. The summed E-state index contributed by atoms with van der Waals surface area (Å²) in [6, 6.07) is 0.698. The second-order valence-electron chi connectivity index (χ2n) is 3.45. The van der Waals surface area contributed by atoms with Gasteiger partial charge in [-0.05, 0) is 27.2 Å². The molecule has 0 fully saturated rings. The Morgan fingerprint density at radius 3 is 2.42 bits per heavy atom. The van der Waals surface area contributed by atoms with Crippen molar-refractivity contribution in [2.45, 2.75) is 52.6 Å². The molecule has 0 aromatic carbocycles. The molecule has 0 rings (SSSR count). The zero-order chi connectivity index (χ0) is 9.56. The smallest absolute Gasteiger partial charge is 0.189 e. The van der Waals surface area contributed by atoms with E-state index in [2.05, 4.69) is 24.2 Å². The van der Waals surface area contributed by atoms with Crippen LogP contribution in [0.1, 0.15) is 40.5 Å². The maximum atomic E-state index is 5.64. The van der Waals surface area contributed by atoms with Gasteiger partial charge in [-0.1, -0.05) is 13.3 Å². The molecule has 0 aromatic rings. The average molecular weight is 171 g/mol. The second-order valence-corrected chi connectivity index (χ2v) is 3.45. The molecule has 0 saturated heterocycles. The summed E-state index contributed by atoms with van der Waals surface area (Å²) < 4.78 is 0. The van der Waals surface area contributed by atoms with Gasteiger partial charge < -0.3 is 11.1 Å². The van der Waals surface area contributed by atoms with Gasteiger partial charge in [-0.2, -0.15) is 0 Å². The normalized spacial score (nSPS) is 14.9. The van der Waals surface area contributed by atoms with Crippen molar-refractivity contribution in [3.05, 3.63) is 0 Å². The number of nitrogens with two attached hydrogens (primary N) is 1. The summed E-state index contributed by atoms with van der Waals surface area (Å²) in [4.78, 5) is 4.29. The van der Waals surface area contributed by atoms with E-state index >= 15 is 0 Å². The Bertz CT molecular complexity index is 141. The van der Waals surface area contributed by atoms with Gasteiger partial charge in [-0.15, -0.1) is 0 Å². The molecular formula is C9H21N3. The van der Waals surface area contributed by atoms with Crippen LogP contribution in [-0.4, -0.2) is 18.0 Å². The molecule has 0 aliphatic rings. The Morgan fingerprint density at radius 2 is 2.00 bits per heavy atom. The molecule has 12 heavy (non-hydrogen) atoms. The highest BCUT2D eigenvalue weighted by molar-refractivity contribution is 5.78. The molecule has 72 valence electrons. The summed E-state index contributed by atoms with van der Waals surface area (Å²) in [5.41, 5.74) is 5.64. The minimum absolute atomic E-state index is 0.334. The lowest BCUT2D eigenvalue weighted by Gasteiger charge is -2.11. The van der Waals surface area contributed by atoms with Crippen LogP contribution < -0.4 is 11.1 Å². The van der Waals surface area contributed by atoms with E-state index in [9.17, 15) is 0 Å². The van der Waals surface area contributed by atoms with Crippen molar-refractivity contribution in [1.29, 1.82) is 0 Å². The summed E-state index contributed by atoms with van der Waals surface area (Å²) in [5.74, 6) is 0.561. The standard InChI is InChI=1S/C9H21N3/c1-5-6-8(4)12-9(10)11-7(2)3/h7-8H,5-6H2,1-4H3,(H3,10,11,12). The second kappa shape index (κ2) is 5.86. The highest BCUT2D eigenvalue weighted by Crippen LogP contribution is 1.99. The predicted octanol–water partition coefficient (Wildman–Crippen LogP) is 1.49. The quantitative estimate of drug-likeness (QED) is 0.497. The number of hydrogen-bond acceptors (Lipinski definition) is 1. The largest absolute Gasteiger partial charge is 0.370 e. The Kier molecular flexibility index (Phi) is 5.51. The first-order valence-corrected chi connectivity index (χ1v) is 4.66. The number of rotatable bonds is 4. The fraction of sp³-hybridized carbons (Fsp3) is 0.889. The molecule has 1 unspecified atom stereocenters. The number of aliphatic imine (C=N–C) groups is 1. The van der Waals surface area contributed by atoms with Gasteiger partial charge in [0.1, 0.15) is 0 Å². The van der Waals surface area contributed by atoms with Crippen LogP contribution >= 0.6 is 0 Å². The van der Waals surface area contributed by atoms with E-state index in [0.29, 0.717) is 18.0 Å². The first-order valence-electron chi connectivity index (χ1n) is 4.66. The van der Waals surface area contributed by atoms with E-state index in [1.807, 2.05) is 13.8 Å². The van der Waals surface area contributed by atoms with Crippen molar-refractivity contribution in [2.75, 3.05) is 0 Å². The van der Waals surface area contributed by atoms with Crippen molar-refractivity contribution in [2.24, 2.45) is 10.7 Å². The maximum absolute atomic E-state index is 5.64. The molecule has 0 heterocycles. The topological polar surface area (TPSA) is 50.4 Å². The predicted molar refractivity (Wildman–Crippen MR) is 54.3 cm³/mol. The van der Waals surface area contributed by atoms with E-state index < -0.39 is 0 Å². The van der Waals surface area contributed by atoms with Crippen molar-refractivity contribution in [3.8, 4) is 0 Å². The minimum atomic E-state index is 0.334. The van der Waals surface area contributed by atoms with Crippen LogP contribution in [0.15, 0.2) is 4.99 Å². The van der Waals surface area contributed by atoms with Crippen LogP contribution in [0, 0.1) is 0 Å². The summed E-state index contributed by atoms with van der Waals surface area (Å²) in [6.07, 6.45) is 2.25. The van der Waals surface area contributed by atoms with Crippen LogP contribution in [0.3, 0.4) is 0 Å². The van der Waals surface area contributed by atoms with Gasteiger partial charge in [-0.25, -0.2) is 0 Å². The Balaban J connectivity index is 3.80. The van der Waals surface area contributed by atoms with Crippen LogP contribution in [0.2, 0.25) is 0 Å². The van der Waals surface area contributed by atoms with Gasteiger partial charge in [0.2, 0.25) is 0 Å². The summed E-state index contributed by atoms with van der Waals surface area (Å²) in [5, 5.41) is 3.06. The van der Waals surface area contributed by atoms with E-state index in [1.165, 1.54) is 0 Å². The van der Waals surface area contributed by atoms with Crippen LogP contribution in [-0.2, 0) is 0 Å². The number of guanidine groups is 1. The van der Waals surface area contributed by atoms with Crippen molar-refractivity contribution < 1.29 is 0 Å². The number of nitrogens with one attached hydrogen (secondary N) is 1. The fourth-order valence-electron chi connectivity index (χ4n) is 1.05. The van der Waals surface area contributed by atoms with Gasteiger partial charge in [-0.3, -0.25) is 4.99 Å². The zero-order valence-electron chi connectivity index (χ0n) is 8.59. The van der Waals surface area contributed by atoms with Gasteiger partial charge in [0, 0.05) is 6.04 Å². The fourth-order valence-corrected chi connectivity index (χ4v) is 1.05. The molecule has 0 aliphatic heterocycles. The van der Waals surface area contributed by atoms with Gasteiger partial charge in [0.25, 0.3) is 0 Å². The van der Waals surface area contributed by atoms with E-state index in [-0.39, 0.29) is 0 Å². The van der Waals surface area contributed by atoms with Crippen LogP contribution in [0.4, 0.5) is 0 Å². The Hall–Kier alpha value is -0.730.